The zero-order chi connectivity index (χ0) is 15.1. The van der Waals surface area contributed by atoms with E-state index >= 15 is 0 Å². The minimum absolute atomic E-state index is 0.174. The number of aromatic nitrogens is 2. The van der Waals surface area contributed by atoms with Crippen molar-refractivity contribution in [1.29, 1.82) is 0 Å². The molecule has 2 N–H and O–H groups in total. The number of nitrogens with zero attached hydrogens (tertiary/aromatic N) is 2. The van der Waals surface area contributed by atoms with Crippen molar-refractivity contribution in [2.75, 3.05) is 6.61 Å². The maximum atomic E-state index is 12.1. The topological polar surface area (TPSA) is 75.1 Å². The Balaban J connectivity index is 2.08. The van der Waals surface area contributed by atoms with E-state index in [1.54, 1.807) is 0 Å². The number of aryl methyl sites for hydroxylation is 1. The third-order valence-corrected chi connectivity index (χ3v) is 3.62. The van der Waals surface area contributed by atoms with Gasteiger partial charge in [0.05, 0.1) is 5.69 Å². The highest BCUT2D eigenvalue weighted by Gasteiger charge is 2.14. The third-order valence-electron chi connectivity index (χ3n) is 2.86. The molecule has 1 aromatic carbocycles. The Morgan fingerprint density at radius 2 is 2.24 bits per heavy atom. The smallest absolute Gasteiger partial charge is 0.265 e. The maximum absolute atomic E-state index is 12.1. The van der Waals surface area contributed by atoms with Gasteiger partial charge in [-0.25, -0.2) is 0 Å². The van der Waals surface area contributed by atoms with Crippen molar-refractivity contribution < 1.29 is 9.90 Å². The predicted octanol–water partition coefficient (Wildman–Crippen LogP) is 1.37. The fraction of sp³-hybridized carbons (Fsp3) is 0.267. The zero-order valence-corrected chi connectivity index (χ0v) is 12.4. The summed E-state index contributed by atoms with van der Waals surface area (Å²) in [7, 11) is 0. The molecular weight excluding hydrogens is 286 g/mol. The first-order chi connectivity index (χ1) is 10.3. The van der Waals surface area contributed by atoms with Gasteiger partial charge < -0.3 is 10.4 Å². The first-order valence-corrected chi connectivity index (χ1v) is 7.30. The van der Waals surface area contributed by atoms with E-state index in [2.05, 4.69) is 26.7 Å². The Kier molecular flexibility index (Phi) is 5.43. The molecule has 0 spiro atoms. The molecule has 0 radical (unpaired) electrons. The molecule has 2 aromatic rings. The Hall–Kier alpha value is -2.23. The molecule has 0 fully saturated rings. The minimum Gasteiger partial charge on any atom is -0.384 e. The summed E-state index contributed by atoms with van der Waals surface area (Å²) >= 11 is 1.10. The number of aliphatic hydroxyl groups is 1. The molecule has 2 rings (SSSR count). The quantitative estimate of drug-likeness (QED) is 0.837. The zero-order valence-electron chi connectivity index (χ0n) is 11.6. The molecular formula is C15H15N3O2S. The van der Waals surface area contributed by atoms with Crippen LogP contribution in [0.3, 0.4) is 0 Å². The van der Waals surface area contributed by atoms with Gasteiger partial charge in [0, 0.05) is 12.1 Å². The van der Waals surface area contributed by atoms with E-state index in [9.17, 15) is 4.79 Å². The summed E-state index contributed by atoms with van der Waals surface area (Å²) in [5.74, 6) is 5.31. The van der Waals surface area contributed by atoms with E-state index in [4.69, 9.17) is 5.11 Å². The van der Waals surface area contributed by atoms with Gasteiger partial charge >= 0.3 is 0 Å². The van der Waals surface area contributed by atoms with Gasteiger partial charge in [-0.1, -0.05) is 41.5 Å². The summed E-state index contributed by atoms with van der Waals surface area (Å²) in [6.45, 7) is 2.12. The summed E-state index contributed by atoms with van der Waals surface area (Å²) < 4.78 is 3.81. The van der Waals surface area contributed by atoms with Crippen molar-refractivity contribution >= 4 is 17.4 Å². The van der Waals surface area contributed by atoms with Gasteiger partial charge in [-0.15, -0.1) is 5.10 Å². The first-order valence-electron chi connectivity index (χ1n) is 6.53. The fourth-order valence-corrected chi connectivity index (χ4v) is 2.47. The van der Waals surface area contributed by atoms with Crippen LogP contribution in [-0.4, -0.2) is 27.2 Å². The summed E-state index contributed by atoms with van der Waals surface area (Å²) in [5, 5.41) is 15.5. The summed E-state index contributed by atoms with van der Waals surface area (Å²) in [5.41, 5.74) is 2.41. The van der Waals surface area contributed by atoms with Crippen molar-refractivity contribution in [3.05, 3.63) is 46.0 Å². The fourth-order valence-electron chi connectivity index (χ4n) is 1.80. The average Bonchev–Trinajstić information content (AvgIpc) is 3.00. The van der Waals surface area contributed by atoms with Crippen LogP contribution in [0.25, 0.3) is 0 Å². The number of hydrogen-bond donors (Lipinski definition) is 2. The van der Waals surface area contributed by atoms with Crippen LogP contribution >= 0.6 is 11.5 Å². The van der Waals surface area contributed by atoms with Crippen LogP contribution in [0.15, 0.2) is 24.3 Å². The number of carbonyl (C=O) groups excluding carboxylic acids is 1. The number of aliphatic hydroxyl groups excluding tert-OH is 1. The molecule has 0 atom stereocenters. The number of nitrogens with one attached hydrogen (secondary N) is 1. The first kappa shape index (κ1) is 15.2. The number of benzene rings is 1. The monoisotopic (exact) mass is 301 g/mol. The molecule has 0 aliphatic rings. The van der Waals surface area contributed by atoms with Crippen molar-refractivity contribution in [3.8, 4) is 11.8 Å². The van der Waals surface area contributed by atoms with Crippen LogP contribution in [0, 0.1) is 11.8 Å². The van der Waals surface area contributed by atoms with E-state index in [0.717, 1.165) is 22.7 Å². The molecule has 0 unspecified atom stereocenters. The molecule has 0 aliphatic carbocycles. The van der Waals surface area contributed by atoms with E-state index in [1.165, 1.54) is 0 Å². The van der Waals surface area contributed by atoms with Crippen molar-refractivity contribution in [2.24, 2.45) is 0 Å². The number of rotatable bonds is 4. The molecule has 0 bridgehead atoms. The molecule has 6 heteroatoms. The molecule has 108 valence electrons. The van der Waals surface area contributed by atoms with Crippen LogP contribution < -0.4 is 5.32 Å². The Labute approximate surface area is 127 Å². The highest BCUT2D eigenvalue weighted by molar-refractivity contribution is 7.08. The average molecular weight is 301 g/mol. The lowest BCUT2D eigenvalue weighted by molar-refractivity contribution is 0.0954. The molecule has 5 nitrogen and oxygen atoms in total. The Morgan fingerprint density at radius 3 is 3.00 bits per heavy atom. The number of hydrogen-bond acceptors (Lipinski definition) is 5. The number of carbonyl (C=O) groups is 1. The van der Waals surface area contributed by atoms with Gasteiger partial charge in [0.15, 0.2) is 0 Å². The van der Waals surface area contributed by atoms with Crippen LogP contribution in [0.2, 0.25) is 0 Å². The lowest BCUT2D eigenvalue weighted by Crippen LogP contribution is -2.23. The van der Waals surface area contributed by atoms with Crippen LogP contribution in [-0.2, 0) is 13.0 Å². The molecule has 1 amide bonds. The van der Waals surface area contributed by atoms with Crippen molar-refractivity contribution in [1.82, 2.24) is 14.9 Å². The summed E-state index contributed by atoms with van der Waals surface area (Å²) in [6.07, 6.45) is 0.678. The standard InChI is InChI=1S/C15H15N3O2S/c1-2-13-14(21-18-17-13)15(20)16-10-12-7-4-3-6-11(12)8-5-9-19/h3-4,6-7,19H,2,9-10H2,1H3,(H,16,20). The molecule has 1 aromatic heterocycles. The molecule has 0 saturated heterocycles. The lowest BCUT2D eigenvalue weighted by Gasteiger charge is -2.06. The minimum atomic E-state index is -0.187. The highest BCUT2D eigenvalue weighted by atomic mass is 32.1. The van der Waals surface area contributed by atoms with Crippen molar-refractivity contribution in [2.45, 2.75) is 19.9 Å². The second-order valence-electron chi connectivity index (χ2n) is 4.20. The van der Waals surface area contributed by atoms with E-state index in [-0.39, 0.29) is 12.5 Å². The van der Waals surface area contributed by atoms with E-state index < -0.39 is 0 Å². The van der Waals surface area contributed by atoms with Crippen LogP contribution in [0.4, 0.5) is 0 Å². The van der Waals surface area contributed by atoms with Crippen LogP contribution in [0.1, 0.15) is 33.4 Å². The van der Waals surface area contributed by atoms with E-state index in [1.807, 2.05) is 31.2 Å². The molecule has 0 aliphatic heterocycles. The Bertz CT molecular complexity index is 685. The lowest BCUT2D eigenvalue weighted by atomic mass is 10.1. The second-order valence-corrected chi connectivity index (χ2v) is 4.96. The normalized spacial score (nSPS) is 9.81. The van der Waals surface area contributed by atoms with Crippen molar-refractivity contribution in [3.63, 3.8) is 0 Å². The highest BCUT2D eigenvalue weighted by Crippen LogP contribution is 2.12. The van der Waals surface area contributed by atoms with Crippen LogP contribution in [0.5, 0.6) is 0 Å². The second kappa shape index (κ2) is 7.53. The van der Waals surface area contributed by atoms with E-state index in [0.29, 0.717) is 23.5 Å². The third kappa shape index (κ3) is 3.88. The number of amides is 1. The molecule has 21 heavy (non-hydrogen) atoms. The van der Waals surface area contributed by atoms with Gasteiger partial charge in [0.1, 0.15) is 11.5 Å². The predicted molar refractivity (Wildman–Crippen MR) is 80.9 cm³/mol. The summed E-state index contributed by atoms with van der Waals surface area (Å²) in [4.78, 5) is 12.7. The van der Waals surface area contributed by atoms with Gasteiger partial charge in [-0.05, 0) is 29.6 Å². The van der Waals surface area contributed by atoms with Gasteiger partial charge in [0.25, 0.3) is 5.91 Å². The summed E-state index contributed by atoms with van der Waals surface area (Å²) in [6, 6.07) is 7.51. The molecule has 0 saturated carbocycles. The largest absolute Gasteiger partial charge is 0.384 e. The van der Waals surface area contributed by atoms with Gasteiger partial charge in [0.2, 0.25) is 0 Å². The van der Waals surface area contributed by atoms with Gasteiger partial charge in [-0.3, -0.25) is 4.79 Å². The van der Waals surface area contributed by atoms with Gasteiger partial charge in [-0.2, -0.15) is 0 Å². The Morgan fingerprint density at radius 1 is 1.43 bits per heavy atom. The SMILES string of the molecule is CCc1nnsc1C(=O)NCc1ccccc1C#CCO. The molecule has 1 heterocycles. The maximum Gasteiger partial charge on any atom is 0.265 e.